The second-order valence-electron chi connectivity index (χ2n) is 8.45. The van der Waals surface area contributed by atoms with Crippen LogP contribution in [0.25, 0.3) is 0 Å². The van der Waals surface area contributed by atoms with Gasteiger partial charge in [0, 0.05) is 12.1 Å². The van der Waals surface area contributed by atoms with E-state index in [9.17, 15) is 4.79 Å². The minimum atomic E-state index is -0.438. The van der Waals surface area contributed by atoms with E-state index in [4.69, 9.17) is 4.74 Å². The molecule has 1 amide bonds. The minimum Gasteiger partial charge on any atom is -0.444 e. The van der Waals surface area contributed by atoms with Crippen LogP contribution in [-0.4, -0.2) is 30.3 Å². The fraction of sp³-hybridized carbons (Fsp3) is 0.941. The average molecular weight is 298 g/mol. The van der Waals surface area contributed by atoms with Gasteiger partial charge < -0.3 is 15.4 Å². The lowest BCUT2D eigenvalue weighted by molar-refractivity contribution is 0.0506. The van der Waals surface area contributed by atoms with Gasteiger partial charge in [-0.3, -0.25) is 0 Å². The Morgan fingerprint density at radius 2 is 1.95 bits per heavy atom. The highest BCUT2D eigenvalue weighted by Gasteiger charge is 2.36. The van der Waals surface area contributed by atoms with Gasteiger partial charge in [0.05, 0.1) is 0 Å². The van der Waals surface area contributed by atoms with Crippen LogP contribution in [0.4, 0.5) is 4.79 Å². The van der Waals surface area contributed by atoms with Crippen molar-refractivity contribution in [2.75, 3.05) is 6.54 Å². The number of nitrogens with one attached hydrogen (secondary N) is 2. The summed E-state index contributed by atoms with van der Waals surface area (Å²) in [5.41, 5.74) is 0.0182. The van der Waals surface area contributed by atoms with Crippen LogP contribution in [-0.2, 0) is 4.74 Å². The molecule has 1 fully saturated rings. The molecule has 0 aromatic heterocycles. The summed E-state index contributed by atoms with van der Waals surface area (Å²) in [5.74, 6) is 0.731. The van der Waals surface area contributed by atoms with Crippen LogP contribution in [0.15, 0.2) is 0 Å². The van der Waals surface area contributed by atoms with Gasteiger partial charge in [-0.1, -0.05) is 20.8 Å². The molecule has 21 heavy (non-hydrogen) atoms. The Labute approximate surface area is 130 Å². The maximum atomic E-state index is 11.7. The maximum absolute atomic E-state index is 11.7. The van der Waals surface area contributed by atoms with Crippen molar-refractivity contribution < 1.29 is 9.53 Å². The summed E-state index contributed by atoms with van der Waals surface area (Å²) in [7, 11) is 0. The van der Waals surface area contributed by atoms with Crippen molar-refractivity contribution in [1.82, 2.24) is 10.6 Å². The highest BCUT2D eigenvalue weighted by atomic mass is 16.6. The largest absolute Gasteiger partial charge is 0.444 e. The summed E-state index contributed by atoms with van der Waals surface area (Å²) in [6, 6.07) is 0.728. The fourth-order valence-electron chi connectivity index (χ4n) is 3.23. The molecule has 1 aliphatic carbocycles. The Morgan fingerprint density at radius 3 is 2.43 bits per heavy atom. The van der Waals surface area contributed by atoms with Gasteiger partial charge in [-0.25, -0.2) is 4.79 Å². The second-order valence-corrected chi connectivity index (χ2v) is 8.45. The molecule has 3 unspecified atom stereocenters. The molecule has 0 aliphatic heterocycles. The third kappa shape index (κ3) is 7.16. The topological polar surface area (TPSA) is 50.4 Å². The summed E-state index contributed by atoms with van der Waals surface area (Å²) < 4.78 is 5.26. The van der Waals surface area contributed by atoms with Crippen LogP contribution in [0.5, 0.6) is 0 Å². The van der Waals surface area contributed by atoms with E-state index in [0.29, 0.717) is 11.5 Å². The highest BCUT2D eigenvalue weighted by Crippen LogP contribution is 2.40. The number of alkyl carbamates (subject to hydrolysis) is 1. The van der Waals surface area contributed by atoms with Crippen molar-refractivity contribution in [3.63, 3.8) is 0 Å². The Balaban J connectivity index is 2.22. The number of rotatable bonds is 5. The van der Waals surface area contributed by atoms with E-state index < -0.39 is 5.60 Å². The summed E-state index contributed by atoms with van der Waals surface area (Å²) >= 11 is 0. The summed E-state index contributed by atoms with van der Waals surface area (Å²) in [6.45, 7) is 15.6. The lowest BCUT2D eigenvalue weighted by atomic mass is 9.91. The van der Waals surface area contributed by atoms with E-state index in [0.717, 1.165) is 18.9 Å². The molecule has 124 valence electrons. The molecule has 1 aliphatic rings. The number of carbonyl (C=O) groups is 1. The van der Waals surface area contributed by atoms with Gasteiger partial charge in [0.1, 0.15) is 5.60 Å². The molecule has 1 saturated carbocycles. The quantitative estimate of drug-likeness (QED) is 0.813. The summed E-state index contributed by atoms with van der Waals surface area (Å²) in [5, 5.41) is 6.54. The Bertz CT molecular complexity index is 347. The number of ether oxygens (including phenoxy) is 1. The lowest BCUT2D eigenvalue weighted by Crippen LogP contribution is -2.40. The van der Waals surface area contributed by atoms with Crippen LogP contribution in [0.3, 0.4) is 0 Å². The summed E-state index contributed by atoms with van der Waals surface area (Å²) in [4.78, 5) is 11.7. The predicted octanol–water partition coefficient (Wildman–Crippen LogP) is 3.70. The maximum Gasteiger partial charge on any atom is 0.407 e. The van der Waals surface area contributed by atoms with E-state index >= 15 is 0 Å². The van der Waals surface area contributed by atoms with Gasteiger partial charge in [-0.15, -0.1) is 0 Å². The zero-order chi connectivity index (χ0) is 16.3. The van der Waals surface area contributed by atoms with E-state index in [1.807, 2.05) is 27.7 Å². The first-order valence-electron chi connectivity index (χ1n) is 8.21. The highest BCUT2D eigenvalue weighted by molar-refractivity contribution is 5.67. The van der Waals surface area contributed by atoms with E-state index in [1.54, 1.807) is 0 Å². The number of hydrogen-bond donors (Lipinski definition) is 2. The zero-order valence-electron chi connectivity index (χ0n) is 14.9. The Hall–Kier alpha value is -0.770. The zero-order valence-corrected chi connectivity index (χ0v) is 14.9. The third-order valence-corrected chi connectivity index (χ3v) is 4.08. The molecule has 4 nitrogen and oxygen atoms in total. The molecule has 0 spiro atoms. The Kier molecular flexibility index (Phi) is 6.09. The minimum absolute atomic E-state index is 0.122. The predicted molar refractivity (Wildman–Crippen MR) is 87.4 cm³/mol. The Morgan fingerprint density at radius 1 is 1.33 bits per heavy atom. The second kappa shape index (κ2) is 6.99. The normalized spacial score (nSPS) is 26.4. The molecule has 0 radical (unpaired) electrons. The fourth-order valence-corrected chi connectivity index (χ4v) is 3.23. The van der Waals surface area contributed by atoms with Crippen molar-refractivity contribution in [3.8, 4) is 0 Å². The van der Waals surface area contributed by atoms with Crippen molar-refractivity contribution in [3.05, 3.63) is 0 Å². The average Bonchev–Trinajstić information content (AvgIpc) is 2.48. The van der Waals surface area contributed by atoms with Crippen LogP contribution >= 0.6 is 0 Å². The van der Waals surface area contributed by atoms with Crippen LogP contribution in [0, 0.1) is 11.3 Å². The first kappa shape index (κ1) is 18.3. The monoisotopic (exact) mass is 298 g/mol. The van der Waals surface area contributed by atoms with Crippen LogP contribution < -0.4 is 10.6 Å². The third-order valence-electron chi connectivity index (χ3n) is 4.08. The molecule has 1 rings (SSSR count). The standard InChI is InChI=1S/C17H34N2O2/c1-12-10-17(6,7)11-14(12)18-9-8-13(2)19-15(20)21-16(3,4)5/h12-14,18H,8-11H2,1-7H3,(H,19,20). The molecular formula is C17H34N2O2. The van der Waals surface area contributed by atoms with Crippen LogP contribution in [0.1, 0.15) is 67.7 Å². The van der Waals surface area contributed by atoms with Crippen LogP contribution in [0.2, 0.25) is 0 Å². The van der Waals surface area contributed by atoms with Gasteiger partial charge in [0.15, 0.2) is 0 Å². The van der Waals surface area contributed by atoms with E-state index in [1.165, 1.54) is 12.8 Å². The van der Waals surface area contributed by atoms with E-state index in [-0.39, 0.29) is 12.1 Å². The molecular weight excluding hydrogens is 264 g/mol. The van der Waals surface area contributed by atoms with Gasteiger partial charge in [0.2, 0.25) is 0 Å². The SMILES string of the molecule is CC(CCNC1CC(C)(C)CC1C)NC(=O)OC(C)(C)C. The molecule has 4 heteroatoms. The van der Waals surface area contributed by atoms with Crippen molar-refractivity contribution >= 4 is 6.09 Å². The number of hydrogen-bond acceptors (Lipinski definition) is 3. The molecule has 0 saturated heterocycles. The molecule has 0 bridgehead atoms. The lowest BCUT2D eigenvalue weighted by Gasteiger charge is -2.23. The molecule has 0 aromatic rings. The molecule has 0 heterocycles. The molecule has 2 N–H and O–H groups in total. The summed E-state index contributed by atoms with van der Waals surface area (Å²) in [6.07, 6.45) is 3.12. The molecule has 3 atom stereocenters. The smallest absolute Gasteiger partial charge is 0.407 e. The van der Waals surface area contributed by atoms with Crippen molar-refractivity contribution in [2.24, 2.45) is 11.3 Å². The molecule has 0 aromatic carbocycles. The van der Waals surface area contributed by atoms with Gasteiger partial charge in [-0.2, -0.15) is 0 Å². The van der Waals surface area contributed by atoms with Gasteiger partial charge in [-0.05, 0) is 64.8 Å². The number of carbonyl (C=O) groups excluding carboxylic acids is 1. The van der Waals surface area contributed by atoms with Gasteiger partial charge in [0.25, 0.3) is 0 Å². The van der Waals surface area contributed by atoms with E-state index in [2.05, 4.69) is 31.4 Å². The first-order valence-corrected chi connectivity index (χ1v) is 8.21. The van der Waals surface area contributed by atoms with Crippen molar-refractivity contribution in [1.29, 1.82) is 0 Å². The number of amides is 1. The van der Waals surface area contributed by atoms with Crippen molar-refractivity contribution in [2.45, 2.75) is 85.4 Å². The van der Waals surface area contributed by atoms with Gasteiger partial charge >= 0.3 is 6.09 Å². The first-order chi connectivity index (χ1) is 9.48.